The quantitative estimate of drug-likeness (QED) is 0.460. The van der Waals surface area contributed by atoms with Gasteiger partial charge < -0.3 is 16.0 Å². The molecule has 2 aromatic carbocycles. The van der Waals surface area contributed by atoms with Crippen LogP contribution >= 0.6 is 0 Å². The average molecular weight is 397 g/mol. The van der Waals surface area contributed by atoms with Crippen LogP contribution in [0.5, 0.6) is 0 Å². The zero-order valence-corrected chi connectivity index (χ0v) is 16.7. The molecule has 2 aromatic heterocycles. The molecule has 0 spiro atoms. The van der Waals surface area contributed by atoms with Crippen LogP contribution in [0.1, 0.15) is 5.56 Å². The third kappa shape index (κ3) is 4.76. The molecule has 0 unspecified atom stereocenters. The van der Waals surface area contributed by atoms with E-state index in [2.05, 4.69) is 25.3 Å². The number of nitrogens with one attached hydrogen (secondary N) is 1. The van der Waals surface area contributed by atoms with Crippen molar-refractivity contribution in [1.82, 2.24) is 19.9 Å². The van der Waals surface area contributed by atoms with E-state index in [0.717, 1.165) is 16.9 Å². The molecule has 0 fully saturated rings. The molecule has 3 N–H and O–H groups in total. The first-order valence-corrected chi connectivity index (χ1v) is 9.70. The van der Waals surface area contributed by atoms with Gasteiger partial charge in [0.05, 0.1) is 6.17 Å². The minimum absolute atomic E-state index is 0.295. The first kappa shape index (κ1) is 19.5. The fraction of sp³-hybridized carbons (Fsp3) is 0.130. The number of anilines is 3. The van der Waals surface area contributed by atoms with Crippen LogP contribution in [0.3, 0.4) is 0 Å². The summed E-state index contributed by atoms with van der Waals surface area (Å²) in [5, 5.41) is 3.17. The van der Waals surface area contributed by atoms with E-state index in [1.807, 2.05) is 84.7 Å². The van der Waals surface area contributed by atoms with Gasteiger partial charge in [-0.2, -0.15) is 4.98 Å². The van der Waals surface area contributed by atoms with Crippen molar-refractivity contribution in [2.24, 2.45) is 5.73 Å². The Bertz CT molecular complexity index is 1090. The first-order chi connectivity index (χ1) is 14.7. The van der Waals surface area contributed by atoms with Crippen molar-refractivity contribution in [3.63, 3.8) is 0 Å². The van der Waals surface area contributed by atoms with Crippen molar-refractivity contribution >= 4 is 17.6 Å². The normalized spacial score (nSPS) is 11.7. The van der Waals surface area contributed by atoms with Gasteiger partial charge in [0.2, 0.25) is 5.95 Å². The predicted molar refractivity (Wildman–Crippen MR) is 119 cm³/mol. The number of benzene rings is 2. The fourth-order valence-electron chi connectivity index (χ4n) is 3.07. The lowest BCUT2D eigenvalue weighted by Gasteiger charge is -2.19. The van der Waals surface area contributed by atoms with Crippen LogP contribution in [-0.4, -0.2) is 33.1 Å². The predicted octanol–water partition coefficient (Wildman–Crippen LogP) is 3.64. The topological polar surface area (TPSA) is 92.9 Å². The minimum atomic E-state index is -0.295. The van der Waals surface area contributed by atoms with E-state index in [9.17, 15) is 0 Å². The van der Waals surface area contributed by atoms with Gasteiger partial charge in [0.15, 0.2) is 5.82 Å². The van der Waals surface area contributed by atoms with Gasteiger partial charge >= 0.3 is 0 Å². The summed E-state index contributed by atoms with van der Waals surface area (Å²) in [7, 11) is 1.91. The molecule has 0 aliphatic heterocycles. The molecule has 4 aromatic rings. The van der Waals surface area contributed by atoms with Crippen LogP contribution < -0.4 is 16.0 Å². The van der Waals surface area contributed by atoms with E-state index in [1.54, 1.807) is 12.4 Å². The molecule has 7 nitrogen and oxygen atoms in total. The minimum Gasteiger partial charge on any atom is -0.339 e. The summed E-state index contributed by atoms with van der Waals surface area (Å²) in [5.74, 6) is 2.58. The number of aromatic nitrogens is 4. The van der Waals surface area contributed by atoms with Gasteiger partial charge in [-0.05, 0) is 17.7 Å². The number of rotatable bonds is 7. The van der Waals surface area contributed by atoms with Crippen molar-refractivity contribution in [2.45, 2.75) is 12.6 Å². The highest BCUT2D eigenvalue weighted by molar-refractivity contribution is 5.61. The van der Waals surface area contributed by atoms with Crippen LogP contribution in [-0.2, 0) is 6.42 Å². The van der Waals surface area contributed by atoms with Crippen LogP contribution in [0.25, 0.3) is 11.4 Å². The second kappa shape index (κ2) is 9.11. The second-order valence-corrected chi connectivity index (χ2v) is 6.84. The van der Waals surface area contributed by atoms with E-state index in [1.165, 1.54) is 0 Å². The van der Waals surface area contributed by atoms with E-state index in [-0.39, 0.29) is 6.17 Å². The molecule has 0 amide bonds. The Hall–Kier alpha value is -3.84. The summed E-state index contributed by atoms with van der Waals surface area (Å²) in [5.41, 5.74) is 8.35. The highest BCUT2D eigenvalue weighted by Gasteiger charge is 2.12. The largest absolute Gasteiger partial charge is 0.339 e. The number of hydrogen-bond donors (Lipinski definition) is 2. The highest BCUT2D eigenvalue weighted by Crippen LogP contribution is 2.22. The molecule has 30 heavy (non-hydrogen) atoms. The SMILES string of the molecule is CN(c1ccnc(N[C@@H](N)Cc2ccccc2)n1)c1ccnc(-c2ccccc2)n1. The molecule has 0 saturated carbocycles. The third-order valence-corrected chi connectivity index (χ3v) is 4.61. The molecule has 0 aliphatic carbocycles. The molecular weight excluding hydrogens is 374 g/mol. The summed E-state index contributed by atoms with van der Waals surface area (Å²) >= 11 is 0. The number of hydrogen-bond acceptors (Lipinski definition) is 7. The molecule has 0 aliphatic rings. The van der Waals surface area contributed by atoms with Gasteiger partial charge in [0, 0.05) is 31.4 Å². The van der Waals surface area contributed by atoms with Gasteiger partial charge in [-0.1, -0.05) is 60.7 Å². The lowest BCUT2D eigenvalue weighted by molar-refractivity contribution is 0.742. The Balaban J connectivity index is 1.49. The van der Waals surface area contributed by atoms with Gasteiger partial charge in [-0.15, -0.1) is 0 Å². The van der Waals surface area contributed by atoms with Crippen LogP contribution in [0.15, 0.2) is 85.2 Å². The Labute approximate surface area is 175 Å². The fourth-order valence-corrected chi connectivity index (χ4v) is 3.07. The Kier molecular flexibility index (Phi) is 5.91. The van der Waals surface area contributed by atoms with E-state index in [0.29, 0.717) is 24.0 Å². The van der Waals surface area contributed by atoms with E-state index in [4.69, 9.17) is 5.73 Å². The maximum Gasteiger partial charge on any atom is 0.225 e. The van der Waals surface area contributed by atoms with Gasteiger partial charge in [0.25, 0.3) is 0 Å². The lowest BCUT2D eigenvalue weighted by Crippen LogP contribution is -2.32. The molecule has 1 atom stereocenters. The molecule has 0 saturated heterocycles. The molecule has 0 bridgehead atoms. The molecule has 4 rings (SSSR count). The van der Waals surface area contributed by atoms with Crippen LogP contribution in [0, 0.1) is 0 Å². The van der Waals surface area contributed by atoms with Crippen LogP contribution in [0.2, 0.25) is 0 Å². The molecule has 2 heterocycles. The van der Waals surface area contributed by atoms with Crippen molar-refractivity contribution in [2.75, 3.05) is 17.3 Å². The molecule has 7 heteroatoms. The van der Waals surface area contributed by atoms with Crippen molar-refractivity contribution in [3.05, 3.63) is 90.8 Å². The highest BCUT2D eigenvalue weighted by atomic mass is 15.3. The third-order valence-electron chi connectivity index (χ3n) is 4.61. The summed E-state index contributed by atoms with van der Waals surface area (Å²) in [4.78, 5) is 19.8. The summed E-state index contributed by atoms with van der Waals surface area (Å²) in [6.45, 7) is 0. The smallest absolute Gasteiger partial charge is 0.225 e. The van der Waals surface area contributed by atoms with Crippen molar-refractivity contribution < 1.29 is 0 Å². The number of nitrogens with zero attached hydrogens (tertiary/aromatic N) is 5. The first-order valence-electron chi connectivity index (χ1n) is 9.70. The van der Waals surface area contributed by atoms with Crippen molar-refractivity contribution in [3.8, 4) is 11.4 Å². The Morgan fingerprint density at radius 3 is 2.20 bits per heavy atom. The van der Waals surface area contributed by atoms with Gasteiger partial charge in [0.1, 0.15) is 11.6 Å². The molecule has 0 radical (unpaired) electrons. The zero-order chi connectivity index (χ0) is 20.8. The zero-order valence-electron chi connectivity index (χ0n) is 16.7. The van der Waals surface area contributed by atoms with E-state index >= 15 is 0 Å². The Morgan fingerprint density at radius 2 is 1.47 bits per heavy atom. The van der Waals surface area contributed by atoms with Crippen LogP contribution in [0.4, 0.5) is 17.6 Å². The molecular formula is C23H23N7. The average Bonchev–Trinajstić information content (AvgIpc) is 2.80. The Morgan fingerprint density at radius 1 is 0.833 bits per heavy atom. The standard InChI is InChI=1S/C23H23N7/c1-30(20-12-14-25-22(28-20)18-10-6-3-7-11-18)21-13-15-26-23(29-21)27-19(24)16-17-8-4-2-5-9-17/h2-15,19H,16,24H2,1H3,(H,26,27,29)/t19-/m1/s1. The summed E-state index contributed by atoms with van der Waals surface area (Å²) in [6, 6.07) is 23.6. The monoisotopic (exact) mass is 397 g/mol. The molecule has 150 valence electrons. The number of nitrogens with two attached hydrogens (primary N) is 1. The maximum absolute atomic E-state index is 6.23. The maximum atomic E-state index is 6.23. The second-order valence-electron chi connectivity index (χ2n) is 6.84. The van der Waals surface area contributed by atoms with Gasteiger partial charge in [-0.3, -0.25) is 0 Å². The van der Waals surface area contributed by atoms with Crippen molar-refractivity contribution in [1.29, 1.82) is 0 Å². The summed E-state index contributed by atoms with van der Waals surface area (Å²) in [6.07, 6.45) is 3.83. The van der Waals surface area contributed by atoms with E-state index < -0.39 is 0 Å². The lowest BCUT2D eigenvalue weighted by atomic mass is 10.1. The summed E-state index contributed by atoms with van der Waals surface area (Å²) < 4.78 is 0. The van der Waals surface area contributed by atoms with Gasteiger partial charge in [-0.25, -0.2) is 15.0 Å².